The molecule has 8 rings (SSSR count). The second kappa shape index (κ2) is 21.8. The summed E-state index contributed by atoms with van der Waals surface area (Å²) < 4.78 is 14.1. The molecular formula is C53H60Cl2N6O7. The van der Waals surface area contributed by atoms with Crippen LogP contribution in [0.2, 0.25) is 10.0 Å². The van der Waals surface area contributed by atoms with Crippen LogP contribution in [0.5, 0.6) is 11.5 Å². The van der Waals surface area contributed by atoms with Crippen LogP contribution in [0.3, 0.4) is 0 Å². The van der Waals surface area contributed by atoms with E-state index < -0.39 is 23.4 Å². The lowest BCUT2D eigenvalue weighted by atomic mass is 9.81. The maximum Gasteiger partial charge on any atom is 0.226 e. The van der Waals surface area contributed by atoms with E-state index in [2.05, 4.69) is 19.8 Å². The monoisotopic (exact) mass is 962 g/mol. The molecule has 3 aliphatic heterocycles. The minimum atomic E-state index is -0.991. The number of nitrogens with one attached hydrogen (secondary N) is 1. The van der Waals surface area contributed by atoms with Crippen molar-refractivity contribution in [2.45, 2.75) is 82.6 Å². The molecule has 68 heavy (non-hydrogen) atoms. The Morgan fingerprint density at radius 2 is 1.62 bits per heavy atom. The highest BCUT2D eigenvalue weighted by Gasteiger charge is 2.43. The van der Waals surface area contributed by atoms with Crippen molar-refractivity contribution in [1.82, 2.24) is 29.6 Å². The van der Waals surface area contributed by atoms with Gasteiger partial charge in [0.1, 0.15) is 17.3 Å². The van der Waals surface area contributed by atoms with E-state index in [0.29, 0.717) is 72.4 Å². The molecule has 0 saturated carbocycles. The first-order valence-electron chi connectivity index (χ1n) is 23.4. The molecular weight excluding hydrogens is 904 g/mol. The highest BCUT2D eigenvalue weighted by atomic mass is 35.5. The van der Waals surface area contributed by atoms with E-state index >= 15 is 4.79 Å². The van der Waals surface area contributed by atoms with Crippen LogP contribution in [-0.2, 0) is 56.9 Å². The number of aliphatic hydroxyl groups excluding tert-OH is 1. The number of halogens is 2. The largest absolute Gasteiger partial charge is 0.457 e. The average molecular weight is 964 g/mol. The van der Waals surface area contributed by atoms with Gasteiger partial charge in [-0.3, -0.25) is 24.1 Å². The molecule has 4 heterocycles. The predicted octanol–water partition coefficient (Wildman–Crippen LogP) is 7.67. The highest BCUT2D eigenvalue weighted by Crippen LogP contribution is 2.34. The molecule has 5 atom stereocenters. The summed E-state index contributed by atoms with van der Waals surface area (Å²) in [6.45, 7) is 4.43. The van der Waals surface area contributed by atoms with Crippen molar-refractivity contribution in [3.63, 3.8) is 0 Å². The van der Waals surface area contributed by atoms with Crippen LogP contribution in [0.25, 0.3) is 11.3 Å². The molecule has 0 aliphatic carbocycles. The molecule has 5 aromatic rings. The van der Waals surface area contributed by atoms with E-state index in [9.17, 15) is 19.5 Å². The molecule has 15 heteroatoms. The van der Waals surface area contributed by atoms with E-state index in [1.54, 1.807) is 30.0 Å². The number of Topliss-reactive ketones (excluding diaryl/α,β-unsaturated/α-hetero) is 1. The molecule has 358 valence electrons. The quantitative estimate of drug-likeness (QED) is 0.121. The Kier molecular flexibility index (Phi) is 15.7. The van der Waals surface area contributed by atoms with Crippen LogP contribution in [0, 0.1) is 11.8 Å². The molecule has 2 N–H and O–H groups in total. The molecule has 13 nitrogen and oxygen atoms in total. The number of methoxy groups -OCH3 is 1. The summed E-state index contributed by atoms with van der Waals surface area (Å²) >= 11 is 12.8. The zero-order valence-electron chi connectivity index (χ0n) is 38.9. The van der Waals surface area contributed by atoms with Gasteiger partial charge in [0, 0.05) is 74.4 Å². The zero-order chi connectivity index (χ0) is 48.0. The number of hydrogen-bond acceptors (Lipinski definition) is 9. The van der Waals surface area contributed by atoms with E-state index in [4.69, 9.17) is 32.7 Å². The van der Waals surface area contributed by atoms with Gasteiger partial charge < -0.3 is 34.3 Å². The van der Waals surface area contributed by atoms with Crippen molar-refractivity contribution in [1.29, 1.82) is 0 Å². The number of aromatic nitrogens is 2. The smallest absolute Gasteiger partial charge is 0.226 e. The number of rotatable bonds is 13. The Morgan fingerprint density at radius 3 is 2.34 bits per heavy atom. The standard InChI is InChI=1S/C53H60Cl2N6O7/c1-35-47(63)25-41(33-67-3)51(65)57-53(28-37-10-15-42(54)16-11-37)21-7-22-60(34-53)52(66)40(24-36-8-5-4-6-9-36)26-50(64)61(35)30-39-12-17-43(55)27-48(39)68-45-18-13-38(14-19-45)46-29-56-49(58(46)2)32-59-23-20-44(62)31-59/h4-6,8-19,27,29,35,40-41,44,62H,7,20-26,28,30-34H2,1-3H3,(H,57,65)/t35-,40+,41-,44-,53+/m0/s1. The van der Waals surface area contributed by atoms with Crippen LogP contribution in [0.15, 0.2) is 103 Å². The number of aliphatic hydroxyl groups is 1. The van der Waals surface area contributed by atoms with Gasteiger partial charge in [-0.1, -0.05) is 71.7 Å². The van der Waals surface area contributed by atoms with Gasteiger partial charge in [-0.05, 0) is 98.7 Å². The molecule has 3 saturated heterocycles. The van der Waals surface area contributed by atoms with Crippen molar-refractivity contribution in [2.24, 2.45) is 18.9 Å². The maximum atomic E-state index is 15.0. The minimum absolute atomic E-state index is 0.0175. The number of benzene rings is 4. The lowest BCUT2D eigenvalue weighted by Gasteiger charge is -2.45. The molecule has 1 aromatic heterocycles. The third-order valence-electron chi connectivity index (χ3n) is 13.7. The van der Waals surface area contributed by atoms with Gasteiger partial charge in [0.05, 0.1) is 61.1 Å². The number of carbonyl (C=O) groups is 4. The average Bonchev–Trinajstić information content (AvgIpc) is 3.92. The van der Waals surface area contributed by atoms with E-state index in [1.807, 2.05) is 92.1 Å². The summed E-state index contributed by atoms with van der Waals surface area (Å²) in [5, 5.41) is 14.3. The summed E-state index contributed by atoms with van der Waals surface area (Å²) in [6, 6.07) is 28.9. The number of carbonyl (C=O) groups excluding carboxylic acids is 4. The van der Waals surface area contributed by atoms with Gasteiger partial charge in [0.2, 0.25) is 17.7 Å². The van der Waals surface area contributed by atoms with Gasteiger partial charge in [-0.25, -0.2) is 4.98 Å². The third kappa shape index (κ3) is 11.8. The first kappa shape index (κ1) is 48.9. The number of amides is 3. The Morgan fingerprint density at radius 1 is 0.868 bits per heavy atom. The normalized spacial score (nSPS) is 23.1. The van der Waals surface area contributed by atoms with Crippen LogP contribution in [0.1, 0.15) is 61.5 Å². The molecule has 0 radical (unpaired) electrons. The lowest BCUT2D eigenvalue weighted by Crippen LogP contribution is -2.63. The van der Waals surface area contributed by atoms with Crippen LogP contribution in [-0.4, -0.2) is 110 Å². The van der Waals surface area contributed by atoms with Crippen molar-refractivity contribution < 1.29 is 33.8 Å². The molecule has 0 spiro atoms. The van der Waals surface area contributed by atoms with E-state index in [0.717, 1.165) is 41.2 Å². The van der Waals surface area contributed by atoms with Crippen molar-refractivity contribution in [3.8, 4) is 22.8 Å². The van der Waals surface area contributed by atoms with Crippen molar-refractivity contribution in [2.75, 3.05) is 39.9 Å². The predicted molar refractivity (Wildman–Crippen MR) is 261 cm³/mol. The molecule has 3 aliphatic rings. The minimum Gasteiger partial charge on any atom is -0.457 e. The van der Waals surface area contributed by atoms with Crippen LogP contribution >= 0.6 is 23.2 Å². The number of hydrogen-bond donors (Lipinski definition) is 2. The third-order valence-corrected chi connectivity index (χ3v) is 14.2. The number of likely N-dealkylation sites (tertiary alicyclic amines) is 1. The second-order valence-corrected chi connectivity index (χ2v) is 19.6. The SMILES string of the molecule is COC[C@@H]1CC(=O)[C@H](C)N(Cc2ccc(Cl)cc2Oc2ccc(-c3cnc(CN4CC[C@H](O)C4)n3C)cc2)C(=O)C[C@@H](Cc2ccccc2)C(=O)N2CCC[C@@](Cc3ccc(Cl)cc3)(C2)NC1=O. The maximum absolute atomic E-state index is 15.0. The van der Waals surface area contributed by atoms with Gasteiger partial charge in [0.25, 0.3) is 0 Å². The Balaban J connectivity index is 1.08. The van der Waals surface area contributed by atoms with Gasteiger partial charge in [-0.15, -0.1) is 0 Å². The molecule has 0 unspecified atom stereocenters. The Labute approximate surface area is 408 Å². The van der Waals surface area contributed by atoms with Gasteiger partial charge in [0.15, 0.2) is 5.78 Å². The summed E-state index contributed by atoms with van der Waals surface area (Å²) in [7, 11) is 3.48. The van der Waals surface area contributed by atoms with E-state index in [1.165, 1.54) is 12.0 Å². The fourth-order valence-corrected chi connectivity index (χ4v) is 10.2. The summed E-state index contributed by atoms with van der Waals surface area (Å²) in [5.41, 5.74) is 3.47. The summed E-state index contributed by atoms with van der Waals surface area (Å²) in [6.07, 6.45) is 3.95. The number of ether oxygens (including phenoxy) is 2. The number of ketones is 1. The first-order chi connectivity index (χ1) is 32.8. The van der Waals surface area contributed by atoms with Gasteiger partial charge >= 0.3 is 0 Å². The number of piperidine rings is 1. The van der Waals surface area contributed by atoms with E-state index in [-0.39, 0.29) is 62.1 Å². The number of imidazole rings is 1. The second-order valence-electron chi connectivity index (χ2n) is 18.7. The number of nitrogens with zero attached hydrogens (tertiary/aromatic N) is 5. The van der Waals surface area contributed by atoms with Crippen molar-refractivity contribution >= 4 is 46.7 Å². The van der Waals surface area contributed by atoms with Crippen LogP contribution in [0.4, 0.5) is 0 Å². The van der Waals surface area contributed by atoms with Crippen molar-refractivity contribution in [3.05, 3.63) is 136 Å². The Bertz CT molecular complexity index is 2570. The number of β-amino-alcohol motifs (C(OH)–C–C–N with tert-alkyl or cyclic N) is 1. The Hall–Kier alpha value is -5.57. The molecule has 4 aromatic carbocycles. The topological polar surface area (TPSA) is 147 Å². The summed E-state index contributed by atoms with van der Waals surface area (Å²) in [4.78, 5) is 69.2. The lowest BCUT2D eigenvalue weighted by molar-refractivity contribution is -0.147. The first-order valence-corrected chi connectivity index (χ1v) is 24.2. The van der Waals surface area contributed by atoms with Gasteiger partial charge in [-0.2, -0.15) is 0 Å². The molecule has 3 amide bonds. The fourth-order valence-electron chi connectivity index (χ4n) is 9.93. The summed E-state index contributed by atoms with van der Waals surface area (Å²) in [5.74, 6) is -1.03. The molecule has 3 fully saturated rings. The highest BCUT2D eigenvalue weighted by molar-refractivity contribution is 6.31. The fraction of sp³-hybridized carbons (Fsp3) is 0.415. The van der Waals surface area contributed by atoms with Crippen LogP contribution < -0.4 is 10.1 Å². The number of fused-ring (bicyclic) bond motifs is 2. The molecule has 2 bridgehead atoms. The zero-order valence-corrected chi connectivity index (χ0v) is 40.4.